The molecule has 2 N–H and O–H groups in total. The summed E-state index contributed by atoms with van der Waals surface area (Å²) in [4.78, 5) is 15.1. The number of hydrogen-bond donors (Lipinski definition) is 2. The van der Waals surface area contributed by atoms with Crippen LogP contribution in [0.2, 0.25) is 5.02 Å². The molecule has 152 valence electrons. The van der Waals surface area contributed by atoms with Crippen molar-refractivity contribution in [1.29, 1.82) is 0 Å². The molecule has 4 rings (SSSR count). The fourth-order valence-corrected chi connectivity index (χ4v) is 4.14. The maximum absolute atomic E-state index is 12.0. The molecular weight excluding hydrogens is 388 g/mol. The summed E-state index contributed by atoms with van der Waals surface area (Å²) in [6.07, 6.45) is 0. The van der Waals surface area contributed by atoms with E-state index in [0.717, 1.165) is 68.1 Å². The Bertz CT molecular complexity index is 1030. The van der Waals surface area contributed by atoms with Gasteiger partial charge in [0.25, 0.3) is 0 Å². The van der Waals surface area contributed by atoms with Crippen molar-refractivity contribution in [2.75, 3.05) is 39.3 Å². The average Bonchev–Trinajstić information content (AvgIpc) is 2.71. The fraction of sp³-hybridized carbons (Fsp3) is 0.348. The highest BCUT2D eigenvalue weighted by Gasteiger charge is 2.24. The van der Waals surface area contributed by atoms with Gasteiger partial charge in [0.1, 0.15) is 57.2 Å². The summed E-state index contributed by atoms with van der Waals surface area (Å²) in [7, 11) is 0. The molecule has 1 aromatic heterocycles. The number of piperazine rings is 1. The first-order valence-corrected chi connectivity index (χ1v) is 10.5. The second kappa shape index (κ2) is 8.99. The number of aryl methyl sites for hydroxylation is 1. The second-order valence-electron chi connectivity index (χ2n) is 7.78. The largest absolute Gasteiger partial charge is 0.488 e. The van der Waals surface area contributed by atoms with Crippen LogP contribution in [0.3, 0.4) is 0 Å². The predicted octanol–water partition coefficient (Wildman–Crippen LogP) is 1.12. The SMILES string of the molecule is Cc1cc2oc(=O)cc(C[NH+]3CC[NH+](CCOc4ccccc4)CC3)c2cc1Cl. The Morgan fingerprint density at radius 2 is 1.76 bits per heavy atom. The maximum atomic E-state index is 12.0. The van der Waals surface area contributed by atoms with Gasteiger partial charge in [0.2, 0.25) is 0 Å². The van der Waals surface area contributed by atoms with Crippen LogP contribution in [0.15, 0.2) is 57.7 Å². The van der Waals surface area contributed by atoms with Crippen LogP contribution >= 0.6 is 11.6 Å². The van der Waals surface area contributed by atoms with E-state index in [4.69, 9.17) is 20.8 Å². The average molecular weight is 415 g/mol. The van der Waals surface area contributed by atoms with Gasteiger partial charge in [0.05, 0.1) is 0 Å². The minimum Gasteiger partial charge on any atom is -0.488 e. The molecule has 0 aliphatic carbocycles. The Morgan fingerprint density at radius 3 is 2.52 bits per heavy atom. The number of quaternary nitrogens is 2. The quantitative estimate of drug-likeness (QED) is 0.594. The van der Waals surface area contributed by atoms with Crippen molar-refractivity contribution >= 4 is 22.6 Å². The zero-order valence-electron chi connectivity index (χ0n) is 16.7. The summed E-state index contributed by atoms with van der Waals surface area (Å²) in [5, 5.41) is 1.65. The molecule has 0 radical (unpaired) electrons. The Balaban J connectivity index is 1.34. The van der Waals surface area contributed by atoms with Crippen LogP contribution in [0.1, 0.15) is 11.1 Å². The molecule has 1 fully saturated rings. The summed E-state index contributed by atoms with van der Waals surface area (Å²) >= 11 is 6.31. The van der Waals surface area contributed by atoms with Gasteiger partial charge < -0.3 is 19.0 Å². The van der Waals surface area contributed by atoms with Crippen molar-refractivity contribution in [3.05, 3.63) is 75.1 Å². The third kappa shape index (κ3) is 4.99. The van der Waals surface area contributed by atoms with Crippen LogP contribution in [0, 0.1) is 6.92 Å². The smallest absolute Gasteiger partial charge is 0.336 e. The molecule has 0 atom stereocenters. The third-order valence-electron chi connectivity index (χ3n) is 5.68. The van der Waals surface area contributed by atoms with Gasteiger partial charge in [-0.05, 0) is 36.8 Å². The van der Waals surface area contributed by atoms with E-state index in [-0.39, 0.29) is 5.63 Å². The molecule has 2 aromatic carbocycles. The summed E-state index contributed by atoms with van der Waals surface area (Å²) < 4.78 is 11.2. The maximum Gasteiger partial charge on any atom is 0.336 e. The zero-order valence-corrected chi connectivity index (χ0v) is 17.4. The van der Waals surface area contributed by atoms with Gasteiger partial charge >= 0.3 is 5.63 Å². The number of ether oxygens (including phenoxy) is 1. The van der Waals surface area contributed by atoms with Crippen molar-refractivity contribution in [2.24, 2.45) is 0 Å². The van der Waals surface area contributed by atoms with Crippen molar-refractivity contribution in [3.8, 4) is 5.75 Å². The van der Waals surface area contributed by atoms with Crippen LogP contribution < -0.4 is 20.2 Å². The van der Waals surface area contributed by atoms with E-state index in [1.54, 1.807) is 11.0 Å². The number of fused-ring (bicyclic) bond motifs is 1. The molecule has 6 heteroatoms. The molecule has 29 heavy (non-hydrogen) atoms. The third-order valence-corrected chi connectivity index (χ3v) is 6.09. The minimum atomic E-state index is -0.295. The molecule has 0 amide bonds. The second-order valence-corrected chi connectivity index (χ2v) is 8.18. The van der Waals surface area contributed by atoms with Gasteiger partial charge in [0, 0.05) is 22.0 Å². The van der Waals surface area contributed by atoms with Crippen molar-refractivity contribution in [1.82, 2.24) is 0 Å². The van der Waals surface area contributed by atoms with E-state index < -0.39 is 0 Å². The van der Waals surface area contributed by atoms with Gasteiger partial charge in [-0.3, -0.25) is 0 Å². The normalized spacial score (nSPS) is 19.4. The van der Waals surface area contributed by atoms with Gasteiger partial charge in [-0.15, -0.1) is 0 Å². The molecule has 0 bridgehead atoms. The fourth-order valence-electron chi connectivity index (χ4n) is 3.98. The van der Waals surface area contributed by atoms with Crippen LogP contribution in [0.25, 0.3) is 11.0 Å². The van der Waals surface area contributed by atoms with Gasteiger partial charge in [0.15, 0.2) is 0 Å². The molecule has 1 saturated heterocycles. The monoisotopic (exact) mass is 414 g/mol. The van der Waals surface area contributed by atoms with Crippen molar-refractivity contribution in [2.45, 2.75) is 13.5 Å². The van der Waals surface area contributed by atoms with Crippen LogP contribution in [0.5, 0.6) is 5.75 Å². The molecule has 0 spiro atoms. The lowest BCUT2D eigenvalue weighted by Crippen LogP contribution is -3.27. The summed E-state index contributed by atoms with van der Waals surface area (Å²) in [5.74, 6) is 0.930. The lowest BCUT2D eigenvalue weighted by atomic mass is 10.1. The Hall–Kier alpha value is -2.34. The van der Waals surface area contributed by atoms with E-state index in [2.05, 4.69) is 0 Å². The first kappa shape index (κ1) is 20.0. The van der Waals surface area contributed by atoms with Gasteiger partial charge in [-0.2, -0.15) is 0 Å². The van der Waals surface area contributed by atoms with E-state index in [1.165, 1.54) is 4.90 Å². The first-order valence-electron chi connectivity index (χ1n) is 10.2. The van der Waals surface area contributed by atoms with E-state index in [1.807, 2.05) is 49.4 Å². The van der Waals surface area contributed by atoms with Crippen LogP contribution in [0.4, 0.5) is 0 Å². The summed E-state index contributed by atoms with van der Waals surface area (Å²) in [5.41, 5.74) is 2.26. The molecule has 1 aliphatic rings. The highest BCUT2D eigenvalue weighted by molar-refractivity contribution is 6.32. The number of rotatable bonds is 6. The van der Waals surface area contributed by atoms with E-state index >= 15 is 0 Å². The van der Waals surface area contributed by atoms with Crippen molar-refractivity contribution in [3.63, 3.8) is 0 Å². The number of para-hydroxylation sites is 1. The molecular formula is C23H27ClN2O3+2. The Kier molecular flexibility index (Phi) is 6.19. The molecule has 0 saturated carbocycles. The van der Waals surface area contributed by atoms with Crippen LogP contribution in [-0.2, 0) is 6.54 Å². The lowest BCUT2D eigenvalue weighted by molar-refractivity contribution is -1.02. The topological polar surface area (TPSA) is 48.3 Å². The number of benzene rings is 2. The zero-order chi connectivity index (χ0) is 20.2. The van der Waals surface area contributed by atoms with Crippen LogP contribution in [-0.4, -0.2) is 39.3 Å². The molecule has 2 heterocycles. The van der Waals surface area contributed by atoms with Gasteiger partial charge in [-0.25, -0.2) is 4.79 Å². The Morgan fingerprint density at radius 1 is 1.03 bits per heavy atom. The van der Waals surface area contributed by atoms with E-state index in [9.17, 15) is 4.79 Å². The lowest BCUT2D eigenvalue weighted by Gasteiger charge is -2.29. The minimum absolute atomic E-state index is 0.295. The highest BCUT2D eigenvalue weighted by atomic mass is 35.5. The number of nitrogens with one attached hydrogen (secondary N) is 2. The standard InChI is InChI=1S/C23H25ClN2O3/c1-17-13-22-20(15-21(17)24)18(14-23(27)29-22)16-26-9-7-25(8-10-26)11-12-28-19-5-3-2-4-6-19/h2-6,13-15H,7-12,16H2,1H3/p+2. The molecule has 5 nitrogen and oxygen atoms in total. The first-order chi connectivity index (χ1) is 14.1. The highest BCUT2D eigenvalue weighted by Crippen LogP contribution is 2.24. The molecule has 0 unspecified atom stereocenters. The Labute approximate surface area is 175 Å². The van der Waals surface area contributed by atoms with E-state index in [0.29, 0.717) is 10.6 Å². The molecule has 1 aliphatic heterocycles. The van der Waals surface area contributed by atoms with Gasteiger partial charge in [-0.1, -0.05) is 29.8 Å². The number of halogens is 1. The van der Waals surface area contributed by atoms with Crippen molar-refractivity contribution < 1.29 is 19.0 Å². The summed E-state index contributed by atoms with van der Waals surface area (Å²) in [6, 6.07) is 15.4. The number of hydrogen-bond acceptors (Lipinski definition) is 3. The predicted molar refractivity (Wildman–Crippen MR) is 114 cm³/mol. The summed E-state index contributed by atoms with van der Waals surface area (Å²) in [6.45, 7) is 8.83. The molecule has 3 aromatic rings.